The maximum absolute atomic E-state index is 12.9. The van der Waals surface area contributed by atoms with E-state index in [9.17, 15) is 19.5 Å². The molecular formula is C31H29N5O6. The van der Waals surface area contributed by atoms with Crippen LogP contribution in [0.3, 0.4) is 0 Å². The van der Waals surface area contributed by atoms with Crippen LogP contribution in [0.25, 0.3) is 11.1 Å². The Kier molecular flexibility index (Phi) is 7.32. The van der Waals surface area contributed by atoms with Gasteiger partial charge < -0.3 is 25.1 Å². The third kappa shape index (κ3) is 5.81. The van der Waals surface area contributed by atoms with Crippen LogP contribution in [0.5, 0.6) is 0 Å². The number of likely N-dealkylation sites (tertiary alicyclic amines) is 1. The van der Waals surface area contributed by atoms with Gasteiger partial charge >= 0.3 is 5.97 Å². The Hall–Kier alpha value is -5.16. The van der Waals surface area contributed by atoms with Crippen molar-refractivity contribution in [3.63, 3.8) is 0 Å². The van der Waals surface area contributed by atoms with Gasteiger partial charge in [0.15, 0.2) is 5.58 Å². The number of aliphatic carboxylic acids is 1. The number of fused-ring (bicyclic) bond motifs is 1. The molecule has 0 spiro atoms. The summed E-state index contributed by atoms with van der Waals surface area (Å²) in [6.07, 6.45) is 1.57. The first-order valence-corrected chi connectivity index (χ1v) is 13.6. The second-order valence-electron chi connectivity index (χ2n) is 10.4. The highest BCUT2D eigenvalue weighted by molar-refractivity contribution is 5.94. The molecule has 2 aliphatic rings. The molecule has 0 bridgehead atoms. The number of carbonyl (C=O) groups excluding carboxylic acids is 2. The summed E-state index contributed by atoms with van der Waals surface area (Å²) < 4.78 is 5.82. The molecular weight excluding hydrogens is 538 g/mol. The van der Waals surface area contributed by atoms with Gasteiger partial charge in [-0.2, -0.15) is 4.98 Å². The van der Waals surface area contributed by atoms with E-state index < -0.39 is 11.9 Å². The summed E-state index contributed by atoms with van der Waals surface area (Å²) in [5.74, 6) is -2.59. The minimum Gasteiger partial charge on any atom is -0.481 e. The molecule has 214 valence electrons. The number of hydrogen-bond acceptors (Lipinski definition) is 8. The van der Waals surface area contributed by atoms with Crippen LogP contribution in [0.15, 0.2) is 89.0 Å². The van der Waals surface area contributed by atoms with Crippen molar-refractivity contribution in [1.29, 1.82) is 0 Å². The highest BCUT2D eigenvalue weighted by atomic mass is 16.7. The molecule has 1 fully saturated rings. The van der Waals surface area contributed by atoms with E-state index in [4.69, 9.17) is 9.25 Å². The van der Waals surface area contributed by atoms with Crippen LogP contribution in [0.1, 0.15) is 24.0 Å². The van der Waals surface area contributed by atoms with Crippen LogP contribution in [0, 0.1) is 5.92 Å². The van der Waals surface area contributed by atoms with Crippen molar-refractivity contribution in [2.24, 2.45) is 5.92 Å². The molecule has 3 unspecified atom stereocenters. The largest absolute Gasteiger partial charge is 0.481 e. The normalized spacial score (nSPS) is 19.8. The number of oxazole rings is 1. The van der Waals surface area contributed by atoms with Crippen LogP contribution < -0.4 is 16.1 Å². The Morgan fingerprint density at radius 1 is 1.02 bits per heavy atom. The smallest absolute Gasteiger partial charge is 0.308 e. The summed E-state index contributed by atoms with van der Waals surface area (Å²) in [5.41, 5.74) is 7.18. The summed E-state index contributed by atoms with van der Waals surface area (Å²) in [4.78, 5) is 48.9. The first-order chi connectivity index (χ1) is 20.3. The molecule has 11 heteroatoms. The van der Waals surface area contributed by atoms with E-state index in [0.717, 1.165) is 16.8 Å². The Balaban J connectivity index is 1.08. The van der Waals surface area contributed by atoms with E-state index in [2.05, 4.69) is 21.1 Å². The molecule has 2 aliphatic heterocycles. The van der Waals surface area contributed by atoms with Gasteiger partial charge in [-0.05, 0) is 60.5 Å². The average Bonchev–Trinajstić information content (AvgIpc) is 3.71. The van der Waals surface area contributed by atoms with Crippen molar-refractivity contribution in [1.82, 2.24) is 15.4 Å². The van der Waals surface area contributed by atoms with Crippen LogP contribution in [0.2, 0.25) is 0 Å². The third-order valence-corrected chi connectivity index (χ3v) is 7.38. The van der Waals surface area contributed by atoms with Crippen molar-refractivity contribution in [2.45, 2.75) is 25.4 Å². The number of benzene rings is 3. The van der Waals surface area contributed by atoms with Gasteiger partial charge in [-0.15, -0.1) is 0 Å². The van der Waals surface area contributed by atoms with Crippen molar-refractivity contribution >= 4 is 46.3 Å². The SMILES string of the molecule is CC1C=C(C(=O)N2CC(C(=O)O)C(c3ccc(NC(=O)Cc4ccc5nc(Nc6ccccc6)oc5c4)cc3)C2)NO1. The van der Waals surface area contributed by atoms with Crippen LogP contribution in [0.4, 0.5) is 17.4 Å². The summed E-state index contributed by atoms with van der Waals surface area (Å²) in [6, 6.07) is 22.5. The second-order valence-corrected chi connectivity index (χ2v) is 10.4. The van der Waals surface area contributed by atoms with Gasteiger partial charge in [0.25, 0.3) is 11.9 Å². The summed E-state index contributed by atoms with van der Waals surface area (Å²) in [6.45, 7) is 2.17. The van der Waals surface area contributed by atoms with Gasteiger partial charge in [-0.1, -0.05) is 36.4 Å². The fraction of sp³-hybridized carbons (Fsp3) is 0.226. The number of rotatable bonds is 8. The highest BCUT2D eigenvalue weighted by Crippen LogP contribution is 2.34. The predicted molar refractivity (Wildman–Crippen MR) is 155 cm³/mol. The van der Waals surface area contributed by atoms with Gasteiger partial charge in [0.1, 0.15) is 17.3 Å². The molecule has 1 aromatic heterocycles. The number of anilines is 3. The van der Waals surface area contributed by atoms with Gasteiger partial charge in [0.05, 0.1) is 12.3 Å². The summed E-state index contributed by atoms with van der Waals surface area (Å²) >= 11 is 0. The van der Waals surface area contributed by atoms with Gasteiger partial charge in [-0.3, -0.25) is 24.7 Å². The van der Waals surface area contributed by atoms with E-state index in [1.54, 1.807) is 43.3 Å². The molecule has 0 saturated carbocycles. The lowest BCUT2D eigenvalue weighted by atomic mass is 9.89. The standard InChI is InChI=1S/C31H29N5O6/c1-18-13-26(35-42-18)29(38)36-16-23(24(17-36)30(39)40)20-8-10-22(11-9-20)32-28(37)15-19-7-12-25-27(14-19)41-31(34-25)33-21-5-3-2-4-6-21/h2-14,18,23-24,35H,15-17H2,1H3,(H,32,37)(H,33,34)(H,39,40). The number of nitrogens with zero attached hydrogens (tertiary/aromatic N) is 2. The summed E-state index contributed by atoms with van der Waals surface area (Å²) in [7, 11) is 0. The van der Waals surface area contributed by atoms with Crippen molar-refractivity contribution < 1.29 is 28.7 Å². The lowest BCUT2D eigenvalue weighted by molar-refractivity contribution is -0.141. The highest BCUT2D eigenvalue weighted by Gasteiger charge is 2.41. The number of hydroxylamine groups is 1. The zero-order chi connectivity index (χ0) is 29.2. The number of carbonyl (C=O) groups is 3. The molecule has 3 atom stereocenters. The third-order valence-electron chi connectivity index (χ3n) is 7.38. The quantitative estimate of drug-likeness (QED) is 0.246. The van der Waals surface area contributed by atoms with Crippen molar-refractivity contribution in [3.8, 4) is 0 Å². The number of hydrogen-bond donors (Lipinski definition) is 4. The zero-order valence-electron chi connectivity index (χ0n) is 22.7. The average molecular weight is 568 g/mol. The Morgan fingerprint density at radius 3 is 2.52 bits per heavy atom. The van der Waals surface area contributed by atoms with E-state index in [1.165, 1.54) is 4.90 Å². The number of aromatic nitrogens is 1. The first kappa shape index (κ1) is 27.0. The van der Waals surface area contributed by atoms with E-state index in [0.29, 0.717) is 28.5 Å². The molecule has 11 nitrogen and oxygen atoms in total. The van der Waals surface area contributed by atoms with Crippen molar-refractivity contribution in [2.75, 3.05) is 23.7 Å². The minimum atomic E-state index is -0.961. The molecule has 6 rings (SSSR count). The number of amides is 2. The lowest BCUT2D eigenvalue weighted by Crippen LogP contribution is -2.34. The fourth-order valence-corrected chi connectivity index (χ4v) is 5.28. The van der Waals surface area contributed by atoms with Gasteiger partial charge in [0, 0.05) is 30.4 Å². The molecule has 3 heterocycles. The van der Waals surface area contributed by atoms with Crippen molar-refractivity contribution in [3.05, 3.63) is 95.7 Å². The number of para-hydroxylation sites is 1. The van der Waals surface area contributed by atoms with Crippen LogP contribution in [-0.4, -0.2) is 52.0 Å². The fourth-order valence-electron chi connectivity index (χ4n) is 5.28. The van der Waals surface area contributed by atoms with E-state index >= 15 is 0 Å². The monoisotopic (exact) mass is 567 g/mol. The zero-order valence-corrected chi connectivity index (χ0v) is 22.7. The first-order valence-electron chi connectivity index (χ1n) is 13.6. The molecule has 3 aromatic carbocycles. The topological polar surface area (TPSA) is 146 Å². The second kappa shape index (κ2) is 11.4. The Morgan fingerprint density at radius 2 is 1.81 bits per heavy atom. The Labute approximate surface area is 241 Å². The van der Waals surface area contributed by atoms with Gasteiger partial charge in [-0.25, -0.2) is 0 Å². The van der Waals surface area contributed by atoms with E-state index in [-0.39, 0.29) is 43.3 Å². The molecule has 1 saturated heterocycles. The van der Waals surface area contributed by atoms with Crippen LogP contribution in [-0.2, 0) is 25.6 Å². The molecule has 0 radical (unpaired) electrons. The lowest BCUT2D eigenvalue weighted by Gasteiger charge is -2.17. The maximum atomic E-state index is 12.9. The molecule has 4 aromatic rings. The molecule has 4 N–H and O–H groups in total. The van der Waals surface area contributed by atoms with E-state index in [1.807, 2.05) is 42.5 Å². The molecule has 2 amide bonds. The summed E-state index contributed by atoms with van der Waals surface area (Å²) in [5, 5.41) is 15.8. The Bertz CT molecular complexity index is 1670. The number of carboxylic acids is 1. The van der Waals surface area contributed by atoms with Gasteiger partial charge in [0.2, 0.25) is 5.91 Å². The molecule has 0 aliphatic carbocycles. The maximum Gasteiger partial charge on any atom is 0.308 e. The minimum absolute atomic E-state index is 0.101. The van der Waals surface area contributed by atoms with Crippen LogP contribution >= 0.6 is 0 Å². The number of carboxylic acid groups (broad SMARTS) is 1. The number of nitrogens with one attached hydrogen (secondary N) is 3. The molecule has 42 heavy (non-hydrogen) atoms. The predicted octanol–water partition coefficient (Wildman–Crippen LogP) is 4.19.